The van der Waals surface area contributed by atoms with Crippen molar-refractivity contribution in [2.45, 2.75) is 38.3 Å². The van der Waals surface area contributed by atoms with Crippen LogP contribution < -0.4 is 14.4 Å². The van der Waals surface area contributed by atoms with Crippen LogP contribution in [0.3, 0.4) is 0 Å². The van der Waals surface area contributed by atoms with E-state index in [0.717, 1.165) is 9.87 Å². The van der Waals surface area contributed by atoms with E-state index in [9.17, 15) is 18.0 Å². The van der Waals surface area contributed by atoms with Crippen LogP contribution >= 0.6 is 11.6 Å². The van der Waals surface area contributed by atoms with E-state index in [1.165, 1.54) is 24.1 Å². The summed E-state index contributed by atoms with van der Waals surface area (Å²) in [5.41, 5.74) is 1.86. The third kappa shape index (κ3) is 7.05. The summed E-state index contributed by atoms with van der Waals surface area (Å²) in [5.74, 6) is -0.468. The summed E-state index contributed by atoms with van der Waals surface area (Å²) in [7, 11) is -2.68. The molecule has 0 aromatic heterocycles. The minimum Gasteiger partial charge on any atom is -0.497 e. The molecule has 202 valence electrons. The number of rotatable bonds is 11. The van der Waals surface area contributed by atoms with Gasteiger partial charge in [0.15, 0.2) is 0 Å². The Morgan fingerprint density at radius 2 is 1.71 bits per heavy atom. The number of likely N-dealkylation sites (N-methyl/N-ethyl adjacent to an activating group) is 1. The van der Waals surface area contributed by atoms with Crippen molar-refractivity contribution >= 4 is 39.1 Å². The second kappa shape index (κ2) is 12.8. The Bertz CT molecular complexity index is 1380. The maximum atomic E-state index is 13.8. The third-order valence-electron chi connectivity index (χ3n) is 5.99. The van der Waals surface area contributed by atoms with Gasteiger partial charge in [0.1, 0.15) is 18.3 Å². The molecule has 8 nitrogen and oxygen atoms in total. The van der Waals surface area contributed by atoms with Gasteiger partial charge in [-0.2, -0.15) is 0 Å². The molecular weight excluding hydrogens is 526 g/mol. The predicted molar refractivity (Wildman–Crippen MR) is 149 cm³/mol. The normalized spacial score (nSPS) is 11.9. The smallest absolute Gasteiger partial charge is 0.264 e. The van der Waals surface area contributed by atoms with Crippen LogP contribution in [0.5, 0.6) is 5.75 Å². The Balaban J connectivity index is 2.05. The van der Waals surface area contributed by atoms with Gasteiger partial charge in [-0.3, -0.25) is 13.9 Å². The fourth-order valence-corrected chi connectivity index (χ4v) is 5.49. The molecule has 10 heteroatoms. The van der Waals surface area contributed by atoms with Gasteiger partial charge < -0.3 is 15.0 Å². The van der Waals surface area contributed by atoms with Gasteiger partial charge in [0, 0.05) is 24.2 Å². The third-order valence-corrected chi connectivity index (χ3v) is 8.01. The molecule has 0 aliphatic carbocycles. The molecule has 1 N–H and O–H groups in total. The monoisotopic (exact) mass is 557 g/mol. The first-order valence-electron chi connectivity index (χ1n) is 12.1. The highest BCUT2D eigenvalue weighted by molar-refractivity contribution is 7.92. The number of nitrogens with one attached hydrogen (secondary N) is 1. The van der Waals surface area contributed by atoms with Crippen molar-refractivity contribution in [3.8, 4) is 5.75 Å². The van der Waals surface area contributed by atoms with E-state index in [2.05, 4.69) is 5.32 Å². The van der Waals surface area contributed by atoms with Crippen LogP contribution in [0.2, 0.25) is 5.02 Å². The summed E-state index contributed by atoms with van der Waals surface area (Å²) in [5, 5.41) is 3.22. The Morgan fingerprint density at radius 1 is 1.03 bits per heavy atom. The molecule has 1 atom stereocenters. The minimum atomic E-state index is -4.15. The molecule has 0 fully saturated rings. The summed E-state index contributed by atoms with van der Waals surface area (Å²) in [6, 6.07) is 19.0. The molecule has 2 amide bonds. The lowest BCUT2D eigenvalue weighted by Crippen LogP contribution is -2.51. The second-order valence-corrected chi connectivity index (χ2v) is 11.0. The highest BCUT2D eigenvalue weighted by Crippen LogP contribution is 2.28. The molecule has 0 aliphatic heterocycles. The number of nitrogens with zero attached hydrogens (tertiary/aromatic N) is 2. The molecule has 0 saturated carbocycles. The fraction of sp³-hybridized carbons (Fsp3) is 0.286. The maximum Gasteiger partial charge on any atom is 0.264 e. The average Bonchev–Trinajstić information content (AvgIpc) is 2.90. The average molecular weight is 558 g/mol. The van der Waals surface area contributed by atoms with Gasteiger partial charge in [-0.05, 0) is 62.7 Å². The number of aryl methyl sites for hydroxylation is 1. The first-order chi connectivity index (χ1) is 18.1. The topological polar surface area (TPSA) is 96.0 Å². The van der Waals surface area contributed by atoms with Crippen LogP contribution in [0.25, 0.3) is 0 Å². The van der Waals surface area contributed by atoms with Gasteiger partial charge >= 0.3 is 0 Å². The number of hydrogen-bond donors (Lipinski definition) is 1. The standard InChI is InChI=1S/C28H32ClN3O5S/c1-5-30-28(34)21(3)31(18-22-8-6-9-23(29)16-22)27(33)19-32(24-10-7-11-25(17-24)37-4)38(35,36)26-14-12-20(2)13-15-26/h6-17,21H,5,18-19H2,1-4H3,(H,30,34). The van der Waals surface area contributed by atoms with Crippen molar-refractivity contribution in [1.29, 1.82) is 0 Å². The second-order valence-electron chi connectivity index (χ2n) is 8.75. The SMILES string of the molecule is CCNC(=O)C(C)N(Cc1cccc(Cl)c1)C(=O)CN(c1cccc(OC)c1)S(=O)(=O)c1ccc(C)cc1. The van der Waals surface area contributed by atoms with Gasteiger partial charge in [-0.15, -0.1) is 0 Å². The van der Waals surface area contributed by atoms with Gasteiger partial charge in [0.2, 0.25) is 11.8 Å². The Hall–Kier alpha value is -3.56. The molecule has 0 bridgehead atoms. The fourth-order valence-electron chi connectivity index (χ4n) is 3.87. The van der Waals surface area contributed by atoms with Crippen LogP contribution in [0, 0.1) is 6.92 Å². The number of ether oxygens (including phenoxy) is 1. The summed E-state index contributed by atoms with van der Waals surface area (Å²) in [6.07, 6.45) is 0. The lowest BCUT2D eigenvalue weighted by atomic mass is 10.1. The van der Waals surface area contributed by atoms with E-state index in [0.29, 0.717) is 22.9 Å². The zero-order valence-corrected chi connectivity index (χ0v) is 23.4. The number of sulfonamides is 1. The van der Waals surface area contributed by atoms with Gasteiger partial charge in [-0.25, -0.2) is 8.42 Å². The lowest BCUT2D eigenvalue weighted by Gasteiger charge is -2.32. The Kier molecular flexibility index (Phi) is 9.77. The molecule has 3 rings (SSSR count). The number of carbonyl (C=O) groups excluding carboxylic acids is 2. The van der Waals surface area contributed by atoms with E-state index in [4.69, 9.17) is 16.3 Å². The largest absolute Gasteiger partial charge is 0.497 e. The minimum absolute atomic E-state index is 0.0388. The highest BCUT2D eigenvalue weighted by atomic mass is 35.5. The van der Waals surface area contributed by atoms with Gasteiger partial charge in [0.25, 0.3) is 10.0 Å². The van der Waals surface area contributed by atoms with Crippen molar-refractivity contribution in [2.75, 3.05) is 24.5 Å². The van der Waals surface area contributed by atoms with Gasteiger partial charge in [0.05, 0.1) is 17.7 Å². The number of anilines is 1. The Labute approximate surface area is 229 Å². The van der Waals surface area contributed by atoms with Crippen molar-refractivity contribution in [2.24, 2.45) is 0 Å². The van der Waals surface area contributed by atoms with E-state index < -0.39 is 28.5 Å². The molecule has 0 spiro atoms. The lowest BCUT2D eigenvalue weighted by molar-refractivity contribution is -0.139. The molecule has 1 unspecified atom stereocenters. The summed E-state index contributed by atoms with van der Waals surface area (Å²) in [6.45, 7) is 5.17. The van der Waals surface area contributed by atoms with E-state index in [1.54, 1.807) is 74.5 Å². The van der Waals surface area contributed by atoms with Crippen molar-refractivity contribution < 1.29 is 22.7 Å². The number of benzene rings is 3. The number of carbonyl (C=O) groups is 2. The molecule has 0 radical (unpaired) electrons. The number of amides is 2. The summed E-state index contributed by atoms with van der Waals surface area (Å²) in [4.78, 5) is 28.0. The summed E-state index contributed by atoms with van der Waals surface area (Å²) < 4.78 is 34.0. The van der Waals surface area contributed by atoms with Crippen molar-refractivity contribution in [3.63, 3.8) is 0 Å². The maximum absolute atomic E-state index is 13.8. The Morgan fingerprint density at radius 3 is 2.34 bits per heavy atom. The molecule has 0 saturated heterocycles. The molecule has 38 heavy (non-hydrogen) atoms. The van der Waals surface area contributed by atoms with E-state index in [-0.39, 0.29) is 23.0 Å². The summed E-state index contributed by atoms with van der Waals surface area (Å²) >= 11 is 6.15. The van der Waals surface area contributed by atoms with Crippen LogP contribution in [0.1, 0.15) is 25.0 Å². The number of hydrogen-bond acceptors (Lipinski definition) is 5. The quantitative estimate of drug-likeness (QED) is 0.377. The molecule has 0 heterocycles. The molecule has 3 aromatic rings. The number of halogens is 1. The first-order valence-corrected chi connectivity index (χ1v) is 13.9. The van der Waals surface area contributed by atoms with Crippen molar-refractivity contribution in [3.05, 3.63) is 88.9 Å². The predicted octanol–water partition coefficient (Wildman–Crippen LogP) is 4.41. The van der Waals surface area contributed by atoms with Crippen LogP contribution in [0.4, 0.5) is 5.69 Å². The number of methoxy groups -OCH3 is 1. The zero-order valence-electron chi connectivity index (χ0n) is 21.8. The van der Waals surface area contributed by atoms with Gasteiger partial charge in [-0.1, -0.05) is 47.5 Å². The first kappa shape index (κ1) is 29.0. The van der Waals surface area contributed by atoms with Crippen molar-refractivity contribution in [1.82, 2.24) is 10.2 Å². The van der Waals surface area contributed by atoms with E-state index >= 15 is 0 Å². The van der Waals surface area contributed by atoms with Crippen LogP contribution in [-0.2, 0) is 26.2 Å². The highest BCUT2D eigenvalue weighted by Gasteiger charge is 2.32. The van der Waals surface area contributed by atoms with Crippen LogP contribution in [0.15, 0.2) is 77.7 Å². The molecule has 3 aromatic carbocycles. The molecular formula is C28H32ClN3O5S. The van der Waals surface area contributed by atoms with E-state index in [1.807, 2.05) is 6.92 Å². The van der Waals surface area contributed by atoms with Crippen LogP contribution in [-0.4, -0.2) is 51.4 Å². The zero-order chi connectivity index (χ0) is 27.9. The molecule has 0 aliphatic rings.